The van der Waals surface area contributed by atoms with Crippen molar-refractivity contribution in [2.24, 2.45) is 5.92 Å². The van der Waals surface area contributed by atoms with Gasteiger partial charge in [-0.05, 0) is 104 Å². The first-order valence-corrected chi connectivity index (χ1v) is 14.6. The number of rotatable bonds is 2. The van der Waals surface area contributed by atoms with Crippen molar-refractivity contribution in [1.29, 1.82) is 0 Å². The highest BCUT2D eigenvalue weighted by Crippen LogP contribution is 2.61. The van der Waals surface area contributed by atoms with E-state index in [0.29, 0.717) is 5.92 Å². The lowest BCUT2D eigenvalue weighted by atomic mass is 9.74. The molecule has 0 saturated heterocycles. The molecule has 4 aliphatic carbocycles. The zero-order valence-corrected chi connectivity index (χ0v) is 22.0. The second kappa shape index (κ2) is 8.17. The third-order valence-electron chi connectivity index (χ3n) is 9.82. The molecule has 0 nitrogen and oxygen atoms in total. The van der Waals surface area contributed by atoms with Gasteiger partial charge in [-0.25, -0.2) is 0 Å². The minimum atomic E-state index is 0.396. The van der Waals surface area contributed by atoms with Crippen LogP contribution in [-0.4, -0.2) is 0 Å². The summed E-state index contributed by atoms with van der Waals surface area (Å²) in [6.45, 7) is 0. The first kappa shape index (κ1) is 21.7. The van der Waals surface area contributed by atoms with Crippen LogP contribution in [-0.2, 0) is 6.42 Å². The summed E-state index contributed by atoms with van der Waals surface area (Å²) in [5.41, 5.74) is 13.3. The van der Waals surface area contributed by atoms with Gasteiger partial charge in [-0.2, -0.15) is 0 Å². The molecule has 1 saturated carbocycles. The van der Waals surface area contributed by atoms with E-state index in [1.807, 2.05) is 0 Å². The van der Waals surface area contributed by atoms with E-state index in [4.69, 9.17) is 0 Å². The number of fused-ring (bicyclic) bond motifs is 8. The maximum atomic E-state index is 2.51. The third kappa shape index (κ3) is 3.18. The van der Waals surface area contributed by atoms with Crippen molar-refractivity contribution in [3.8, 4) is 11.1 Å². The second-order valence-electron chi connectivity index (χ2n) is 11.9. The van der Waals surface area contributed by atoms with Gasteiger partial charge < -0.3 is 0 Å². The lowest BCUT2D eigenvalue weighted by Crippen LogP contribution is -2.11. The molecule has 4 aliphatic rings. The van der Waals surface area contributed by atoms with Gasteiger partial charge in [0.25, 0.3) is 0 Å². The minimum Gasteiger partial charge on any atom is -0.0836 e. The molecule has 1 fully saturated rings. The summed E-state index contributed by atoms with van der Waals surface area (Å²) in [4.78, 5) is 0. The van der Waals surface area contributed by atoms with E-state index in [2.05, 4.69) is 115 Å². The Balaban J connectivity index is 1.25. The first-order valence-electron chi connectivity index (χ1n) is 14.6. The summed E-state index contributed by atoms with van der Waals surface area (Å²) >= 11 is 0. The van der Waals surface area contributed by atoms with Gasteiger partial charge in [-0.1, -0.05) is 121 Å². The summed E-state index contributed by atoms with van der Waals surface area (Å²) in [6.07, 6.45) is 14.3. The maximum Gasteiger partial charge on any atom is 0.00712 e. The molecule has 0 N–H and O–H groups in total. The van der Waals surface area contributed by atoms with Crippen LogP contribution in [0.2, 0.25) is 0 Å². The summed E-state index contributed by atoms with van der Waals surface area (Å²) in [5.74, 6) is 1.87. The van der Waals surface area contributed by atoms with Crippen molar-refractivity contribution >= 4 is 33.2 Å². The Morgan fingerprint density at radius 1 is 0.667 bits per heavy atom. The molecule has 5 aromatic carbocycles. The number of aryl methyl sites for hydroxylation is 1. The minimum absolute atomic E-state index is 0.396. The van der Waals surface area contributed by atoms with Gasteiger partial charge in [0, 0.05) is 5.92 Å². The van der Waals surface area contributed by atoms with E-state index >= 15 is 0 Å². The van der Waals surface area contributed by atoms with Gasteiger partial charge in [-0.15, -0.1) is 0 Å². The number of hydrogen-bond donors (Lipinski definition) is 0. The standard InChI is InChI=1S/C39H30/c1-2-10-25-21-26(18-17-24(25)9-1)38-31-13-5-7-15-33(31)39(34-16-8-6-14-32(34)38)27-19-20-30-28-11-3-4-12-29(28)36-23-37(36)35(30)22-27/h1,3-9,11-21,27,36-37H,2,10,22-23H2. The highest BCUT2D eigenvalue weighted by molar-refractivity contribution is 6.15. The van der Waals surface area contributed by atoms with Gasteiger partial charge in [-0.3, -0.25) is 0 Å². The molecule has 0 heteroatoms. The summed E-state index contributed by atoms with van der Waals surface area (Å²) in [5, 5.41) is 5.57. The third-order valence-corrected chi connectivity index (χ3v) is 9.82. The molecule has 0 heterocycles. The Kier molecular flexibility index (Phi) is 4.55. The van der Waals surface area contributed by atoms with Gasteiger partial charge in [0.2, 0.25) is 0 Å². The topological polar surface area (TPSA) is 0 Å². The van der Waals surface area contributed by atoms with E-state index < -0.39 is 0 Å². The molecule has 0 bridgehead atoms. The van der Waals surface area contributed by atoms with E-state index in [9.17, 15) is 0 Å². The quantitative estimate of drug-likeness (QED) is 0.212. The largest absolute Gasteiger partial charge is 0.0836 e. The van der Waals surface area contributed by atoms with Crippen LogP contribution in [0.25, 0.3) is 44.3 Å². The fourth-order valence-corrected chi connectivity index (χ4v) is 8.00. The van der Waals surface area contributed by atoms with Crippen LogP contribution >= 0.6 is 0 Å². The maximum absolute atomic E-state index is 2.51. The van der Waals surface area contributed by atoms with Crippen LogP contribution in [0, 0.1) is 5.92 Å². The van der Waals surface area contributed by atoms with Gasteiger partial charge in [0.1, 0.15) is 0 Å². The van der Waals surface area contributed by atoms with Crippen LogP contribution in [0.4, 0.5) is 0 Å². The lowest BCUT2D eigenvalue weighted by molar-refractivity contribution is 0.752. The SMILES string of the molecule is C1=Cc2ccc(-c3c4ccccc4c(C4C=CC5=C(C4)C4CC4c4ccccc45)c4ccccc34)cc2CC1. The van der Waals surface area contributed by atoms with Crippen molar-refractivity contribution < 1.29 is 0 Å². The zero-order valence-electron chi connectivity index (χ0n) is 22.0. The normalized spacial score (nSPS) is 22.4. The Labute approximate surface area is 230 Å². The van der Waals surface area contributed by atoms with Crippen LogP contribution in [0.1, 0.15) is 58.9 Å². The monoisotopic (exact) mass is 498 g/mol. The molecule has 0 aromatic heterocycles. The van der Waals surface area contributed by atoms with Gasteiger partial charge >= 0.3 is 0 Å². The van der Waals surface area contributed by atoms with Crippen molar-refractivity contribution in [3.05, 3.63) is 143 Å². The molecule has 39 heavy (non-hydrogen) atoms. The number of hydrogen-bond acceptors (Lipinski definition) is 0. The van der Waals surface area contributed by atoms with E-state index in [0.717, 1.165) is 31.1 Å². The van der Waals surface area contributed by atoms with Crippen molar-refractivity contribution in [1.82, 2.24) is 0 Å². The van der Waals surface area contributed by atoms with E-state index in [-0.39, 0.29) is 0 Å². The van der Waals surface area contributed by atoms with Crippen molar-refractivity contribution in [2.45, 2.75) is 37.5 Å². The molecular weight excluding hydrogens is 468 g/mol. The molecule has 5 aromatic rings. The van der Waals surface area contributed by atoms with Crippen molar-refractivity contribution in [3.63, 3.8) is 0 Å². The first-order chi connectivity index (χ1) is 19.3. The second-order valence-corrected chi connectivity index (χ2v) is 11.9. The number of benzene rings is 5. The molecule has 0 amide bonds. The molecule has 0 spiro atoms. The van der Waals surface area contributed by atoms with Crippen LogP contribution < -0.4 is 0 Å². The number of allylic oxidation sites excluding steroid dienone is 5. The van der Waals surface area contributed by atoms with Crippen LogP contribution in [0.5, 0.6) is 0 Å². The Morgan fingerprint density at radius 2 is 1.41 bits per heavy atom. The average molecular weight is 499 g/mol. The van der Waals surface area contributed by atoms with E-state index in [1.54, 1.807) is 11.1 Å². The highest BCUT2D eigenvalue weighted by Gasteiger charge is 2.47. The molecule has 0 aliphatic heterocycles. The molecule has 3 atom stereocenters. The summed E-state index contributed by atoms with van der Waals surface area (Å²) < 4.78 is 0. The smallest absolute Gasteiger partial charge is 0.00712 e. The van der Waals surface area contributed by atoms with Crippen molar-refractivity contribution in [2.75, 3.05) is 0 Å². The fourth-order valence-electron chi connectivity index (χ4n) is 8.00. The average Bonchev–Trinajstić information content (AvgIpc) is 3.81. The Hall–Kier alpha value is -4.16. The molecule has 0 radical (unpaired) electrons. The Morgan fingerprint density at radius 3 is 2.23 bits per heavy atom. The lowest BCUT2D eigenvalue weighted by Gasteiger charge is -2.30. The predicted molar refractivity (Wildman–Crippen MR) is 165 cm³/mol. The molecular formula is C39H30. The predicted octanol–water partition coefficient (Wildman–Crippen LogP) is 10.2. The summed E-state index contributed by atoms with van der Waals surface area (Å²) in [7, 11) is 0. The van der Waals surface area contributed by atoms with E-state index in [1.165, 1.54) is 66.9 Å². The molecule has 3 unspecified atom stereocenters. The van der Waals surface area contributed by atoms with Crippen LogP contribution in [0.3, 0.4) is 0 Å². The Bertz CT molecular complexity index is 1870. The fraction of sp³-hybridized carbons (Fsp3) is 0.179. The highest BCUT2D eigenvalue weighted by atomic mass is 14.5. The zero-order chi connectivity index (χ0) is 25.5. The van der Waals surface area contributed by atoms with Gasteiger partial charge in [0.05, 0.1) is 0 Å². The van der Waals surface area contributed by atoms with Gasteiger partial charge in [0.15, 0.2) is 0 Å². The van der Waals surface area contributed by atoms with Crippen LogP contribution in [0.15, 0.2) is 115 Å². The summed E-state index contributed by atoms with van der Waals surface area (Å²) in [6, 6.07) is 34.6. The molecule has 186 valence electrons. The molecule has 9 rings (SSSR count).